The summed E-state index contributed by atoms with van der Waals surface area (Å²) < 4.78 is 5.14. The number of phenols is 1. The van der Waals surface area contributed by atoms with Crippen LogP contribution >= 0.6 is 15.9 Å². The third-order valence-corrected chi connectivity index (χ3v) is 2.27. The van der Waals surface area contributed by atoms with E-state index < -0.39 is 5.97 Å². The Kier molecular flexibility index (Phi) is 2.66. The minimum Gasteiger partial charge on any atom is -0.508 e. The largest absolute Gasteiger partial charge is 0.508 e. The lowest BCUT2D eigenvalue weighted by Gasteiger charge is -1.97. The Balaban J connectivity index is 2.55. The normalized spacial score (nSPS) is 10.3. The first-order valence-electron chi connectivity index (χ1n) is 4.27. The summed E-state index contributed by atoms with van der Waals surface area (Å²) in [4.78, 5) is 14.7. The molecule has 2 rings (SSSR count). The molecule has 6 heteroatoms. The van der Waals surface area contributed by atoms with Crippen LogP contribution in [0.4, 0.5) is 0 Å². The van der Waals surface area contributed by atoms with Crippen molar-refractivity contribution in [1.29, 1.82) is 0 Å². The highest BCUT2D eigenvalue weighted by molar-refractivity contribution is 9.10. The van der Waals surface area contributed by atoms with Crippen LogP contribution in [0.1, 0.15) is 10.5 Å². The Labute approximate surface area is 98.5 Å². The molecule has 16 heavy (non-hydrogen) atoms. The van der Waals surface area contributed by atoms with Crippen molar-refractivity contribution in [2.45, 2.75) is 0 Å². The van der Waals surface area contributed by atoms with Gasteiger partial charge in [-0.1, -0.05) is 0 Å². The van der Waals surface area contributed by atoms with Crippen molar-refractivity contribution in [2.24, 2.45) is 0 Å². The summed E-state index contributed by atoms with van der Waals surface area (Å²) in [5.41, 5.74) is 0.367. The van der Waals surface area contributed by atoms with Gasteiger partial charge >= 0.3 is 5.97 Å². The maximum absolute atomic E-state index is 10.9. The standard InChI is InChI=1S/C10H6BrNO4/c11-10-12-7(9(14)15)8(16-10)5-1-3-6(13)4-2-5/h1-4,13H,(H,14,15). The van der Waals surface area contributed by atoms with Crippen LogP contribution in [-0.4, -0.2) is 21.2 Å². The molecule has 0 amide bonds. The lowest BCUT2D eigenvalue weighted by Crippen LogP contribution is -1.98. The fraction of sp³-hybridized carbons (Fsp3) is 0. The van der Waals surface area contributed by atoms with E-state index in [4.69, 9.17) is 14.6 Å². The number of halogens is 1. The van der Waals surface area contributed by atoms with E-state index in [1.807, 2.05) is 0 Å². The maximum atomic E-state index is 10.9. The van der Waals surface area contributed by atoms with Crippen LogP contribution in [0.5, 0.6) is 5.75 Å². The molecule has 5 nitrogen and oxygen atoms in total. The number of hydrogen-bond donors (Lipinski definition) is 2. The average molecular weight is 284 g/mol. The number of phenolic OH excluding ortho intramolecular Hbond substituents is 1. The zero-order chi connectivity index (χ0) is 11.7. The molecular weight excluding hydrogens is 278 g/mol. The molecule has 0 radical (unpaired) electrons. The van der Waals surface area contributed by atoms with Gasteiger partial charge in [-0.15, -0.1) is 0 Å². The second-order valence-electron chi connectivity index (χ2n) is 3.00. The highest BCUT2D eigenvalue weighted by Gasteiger charge is 2.19. The van der Waals surface area contributed by atoms with Gasteiger partial charge in [0.1, 0.15) is 5.75 Å². The Bertz CT molecular complexity index is 532. The molecule has 1 heterocycles. The molecule has 2 N–H and O–H groups in total. The number of hydrogen-bond acceptors (Lipinski definition) is 4. The Morgan fingerprint density at radius 1 is 1.31 bits per heavy atom. The first kappa shape index (κ1) is 10.7. The molecule has 2 aromatic rings. The number of oxazole rings is 1. The molecular formula is C10H6BrNO4. The van der Waals surface area contributed by atoms with Crippen molar-refractivity contribution in [3.8, 4) is 17.1 Å². The highest BCUT2D eigenvalue weighted by Crippen LogP contribution is 2.28. The van der Waals surface area contributed by atoms with Gasteiger partial charge in [0, 0.05) is 21.5 Å². The predicted octanol–water partition coefficient (Wildman–Crippen LogP) is 2.51. The van der Waals surface area contributed by atoms with E-state index in [-0.39, 0.29) is 22.0 Å². The van der Waals surface area contributed by atoms with E-state index in [0.29, 0.717) is 5.56 Å². The number of carboxylic acids is 1. The first-order chi connectivity index (χ1) is 7.58. The van der Waals surface area contributed by atoms with Crippen molar-refractivity contribution in [3.05, 3.63) is 34.8 Å². The molecule has 0 bridgehead atoms. The van der Waals surface area contributed by atoms with Crippen LogP contribution in [0.2, 0.25) is 0 Å². The molecule has 0 fully saturated rings. The Morgan fingerprint density at radius 2 is 1.94 bits per heavy atom. The molecule has 0 saturated heterocycles. The van der Waals surface area contributed by atoms with E-state index in [2.05, 4.69) is 20.9 Å². The van der Waals surface area contributed by atoms with E-state index >= 15 is 0 Å². The van der Waals surface area contributed by atoms with Crippen molar-refractivity contribution >= 4 is 21.9 Å². The molecule has 82 valence electrons. The van der Waals surface area contributed by atoms with Crippen LogP contribution in [0.15, 0.2) is 33.5 Å². The summed E-state index contributed by atoms with van der Waals surface area (Å²) in [6, 6.07) is 5.98. The molecule has 0 atom stereocenters. The number of aromatic nitrogens is 1. The van der Waals surface area contributed by atoms with E-state index in [9.17, 15) is 4.79 Å². The summed E-state index contributed by atoms with van der Waals surface area (Å²) in [6.07, 6.45) is 0. The lowest BCUT2D eigenvalue weighted by atomic mass is 10.1. The molecule has 0 unspecified atom stereocenters. The van der Waals surface area contributed by atoms with Crippen molar-refractivity contribution in [3.63, 3.8) is 0 Å². The summed E-state index contributed by atoms with van der Waals surface area (Å²) >= 11 is 2.97. The first-order valence-corrected chi connectivity index (χ1v) is 5.06. The van der Waals surface area contributed by atoms with Gasteiger partial charge in [-0.2, -0.15) is 4.98 Å². The SMILES string of the molecule is O=C(O)c1nc(Br)oc1-c1ccc(O)cc1. The number of benzene rings is 1. The van der Waals surface area contributed by atoms with Crippen LogP contribution in [0.3, 0.4) is 0 Å². The molecule has 1 aromatic carbocycles. The number of carboxylic acid groups (broad SMARTS) is 1. The maximum Gasteiger partial charge on any atom is 0.358 e. The van der Waals surface area contributed by atoms with Gasteiger partial charge in [0.05, 0.1) is 0 Å². The Morgan fingerprint density at radius 3 is 2.50 bits per heavy atom. The summed E-state index contributed by atoms with van der Waals surface area (Å²) in [6.45, 7) is 0. The molecule has 0 aliphatic heterocycles. The fourth-order valence-corrected chi connectivity index (χ4v) is 1.59. The molecule has 0 aliphatic carbocycles. The van der Waals surface area contributed by atoms with Crippen LogP contribution in [0, 0.1) is 0 Å². The van der Waals surface area contributed by atoms with Gasteiger partial charge in [0.25, 0.3) is 4.80 Å². The second-order valence-corrected chi connectivity index (χ2v) is 3.67. The van der Waals surface area contributed by atoms with Gasteiger partial charge in [0.2, 0.25) is 0 Å². The molecule has 1 aromatic heterocycles. The fourth-order valence-electron chi connectivity index (χ4n) is 1.25. The van der Waals surface area contributed by atoms with Crippen molar-refractivity contribution in [1.82, 2.24) is 4.98 Å². The summed E-state index contributed by atoms with van der Waals surface area (Å²) in [5.74, 6) is -0.920. The molecule has 0 aliphatic rings. The number of aromatic hydroxyl groups is 1. The van der Waals surface area contributed by atoms with Crippen molar-refractivity contribution < 1.29 is 19.4 Å². The van der Waals surface area contributed by atoms with Crippen LogP contribution in [0.25, 0.3) is 11.3 Å². The van der Waals surface area contributed by atoms with E-state index in [1.165, 1.54) is 12.1 Å². The van der Waals surface area contributed by atoms with Gasteiger partial charge < -0.3 is 14.6 Å². The second kappa shape index (κ2) is 3.97. The quantitative estimate of drug-likeness (QED) is 0.885. The van der Waals surface area contributed by atoms with Gasteiger partial charge in [-0.05, 0) is 24.3 Å². The zero-order valence-corrected chi connectivity index (χ0v) is 9.43. The average Bonchev–Trinajstić information content (AvgIpc) is 2.61. The third kappa shape index (κ3) is 1.92. The molecule has 0 spiro atoms. The lowest BCUT2D eigenvalue weighted by molar-refractivity contribution is 0.0691. The number of carbonyl (C=O) groups is 1. The summed E-state index contributed by atoms with van der Waals surface area (Å²) in [7, 11) is 0. The summed E-state index contributed by atoms with van der Waals surface area (Å²) in [5, 5.41) is 18.0. The van der Waals surface area contributed by atoms with E-state index in [0.717, 1.165) is 0 Å². The molecule has 0 saturated carbocycles. The monoisotopic (exact) mass is 283 g/mol. The van der Waals surface area contributed by atoms with Gasteiger partial charge in [-0.25, -0.2) is 4.79 Å². The zero-order valence-electron chi connectivity index (χ0n) is 7.85. The van der Waals surface area contributed by atoms with Gasteiger partial charge in [0.15, 0.2) is 11.5 Å². The predicted molar refractivity (Wildman–Crippen MR) is 58.3 cm³/mol. The third-order valence-electron chi connectivity index (χ3n) is 1.93. The number of aromatic carboxylic acids is 1. The number of nitrogens with zero attached hydrogens (tertiary/aromatic N) is 1. The smallest absolute Gasteiger partial charge is 0.358 e. The number of rotatable bonds is 2. The topological polar surface area (TPSA) is 83.6 Å². The Hall–Kier alpha value is -1.82. The minimum absolute atomic E-state index is 0.0965. The highest BCUT2D eigenvalue weighted by atomic mass is 79.9. The van der Waals surface area contributed by atoms with E-state index in [1.54, 1.807) is 12.1 Å². The van der Waals surface area contributed by atoms with Gasteiger partial charge in [-0.3, -0.25) is 0 Å². The van der Waals surface area contributed by atoms with Crippen LogP contribution < -0.4 is 0 Å². The van der Waals surface area contributed by atoms with Crippen molar-refractivity contribution in [2.75, 3.05) is 0 Å². The van der Waals surface area contributed by atoms with Crippen LogP contribution in [-0.2, 0) is 0 Å². The minimum atomic E-state index is -1.17.